The SMILES string of the molecule is CC(=O)NC12CC3CC(C1)CC(C(=O)Nc1ccc4c(c1)OC1(CCCCC1)O4)(C3)C2. The third kappa shape index (κ3) is 3.21. The van der Waals surface area contributed by atoms with Crippen molar-refractivity contribution in [2.75, 3.05) is 5.32 Å². The Morgan fingerprint density at radius 2 is 1.68 bits per heavy atom. The van der Waals surface area contributed by atoms with Gasteiger partial charge >= 0.3 is 0 Å². The van der Waals surface area contributed by atoms with Crippen LogP contribution in [0.25, 0.3) is 0 Å². The Kier molecular flexibility index (Phi) is 4.16. The molecule has 0 radical (unpaired) electrons. The van der Waals surface area contributed by atoms with Crippen LogP contribution in [-0.4, -0.2) is 23.1 Å². The number of amides is 2. The van der Waals surface area contributed by atoms with Gasteiger partial charge in [-0.25, -0.2) is 0 Å². The van der Waals surface area contributed by atoms with E-state index in [0.29, 0.717) is 11.8 Å². The molecule has 2 unspecified atom stereocenters. The van der Waals surface area contributed by atoms with Gasteiger partial charge in [-0.1, -0.05) is 6.42 Å². The normalized spacial score (nSPS) is 36.4. The molecule has 1 aromatic rings. The molecule has 1 spiro atoms. The zero-order valence-corrected chi connectivity index (χ0v) is 18.3. The molecule has 1 heterocycles. The molecule has 5 saturated carbocycles. The van der Waals surface area contributed by atoms with Crippen LogP contribution in [0.3, 0.4) is 0 Å². The summed E-state index contributed by atoms with van der Waals surface area (Å²) in [5.41, 5.74) is 0.188. The van der Waals surface area contributed by atoms with Crippen molar-refractivity contribution >= 4 is 17.5 Å². The number of rotatable bonds is 3. The summed E-state index contributed by atoms with van der Waals surface area (Å²) in [6.45, 7) is 1.59. The second kappa shape index (κ2) is 6.63. The topological polar surface area (TPSA) is 76.7 Å². The van der Waals surface area contributed by atoms with Crippen molar-refractivity contribution in [3.8, 4) is 11.5 Å². The Bertz CT molecular complexity index is 921. The van der Waals surface area contributed by atoms with Gasteiger partial charge in [-0.05, 0) is 75.3 Å². The van der Waals surface area contributed by atoms with Gasteiger partial charge in [-0.15, -0.1) is 0 Å². The first-order chi connectivity index (χ1) is 14.9. The molecule has 0 saturated heterocycles. The van der Waals surface area contributed by atoms with Gasteiger partial charge in [0.1, 0.15) is 0 Å². The van der Waals surface area contributed by atoms with Crippen LogP contribution in [0.5, 0.6) is 11.5 Å². The third-order valence-electron chi connectivity index (χ3n) is 8.39. The first-order valence-electron chi connectivity index (χ1n) is 12.0. The minimum Gasteiger partial charge on any atom is -0.448 e. The van der Waals surface area contributed by atoms with Gasteiger partial charge in [0.2, 0.25) is 11.8 Å². The molecule has 6 heteroatoms. The van der Waals surface area contributed by atoms with E-state index in [2.05, 4.69) is 10.6 Å². The molecular formula is C25H32N2O4. The molecule has 5 aliphatic carbocycles. The van der Waals surface area contributed by atoms with Crippen LogP contribution in [0.2, 0.25) is 0 Å². The van der Waals surface area contributed by atoms with Gasteiger partial charge < -0.3 is 20.1 Å². The number of fused-ring (bicyclic) bond motifs is 1. The summed E-state index contributed by atoms with van der Waals surface area (Å²) in [7, 11) is 0. The van der Waals surface area contributed by atoms with Crippen molar-refractivity contribution in [2.45, 2.75) is 88.9 Å². The van der Waals surface area contributed by atoms with Crippen molar-refractivity contribution in [1.82, 2.24) is 5.32 Å². The van der Waals surface area contributed by atoms with Crippen LogP contribution in [0, 0.1) is 17.3 Å². The Morgan fingerprint density at radius 3 is 2.39 bits per heavy atom. The number of anilines is 1. The summed E-state index contributed by atoms with van der Waals surface area (Å²) in [5.74, 6) is 2.18. The molecule has 6 nitrogen and oxygen atoms in total. The minimum absolute atomic E-state index is 0.0184. The maximum Gasteiger partial charge on any atom is 0.251 e. The Hall–Kier alpha value is -2.24. The van der Waals surface area contributed by atoms with Gasteiger partial charge in [-0.3, -0.25) is 9.59 Å². The summed E-state index contributed by atoms with van der Waals surface area (Å²) in [5, 5.41) is 6.45. The number of carbonyl (C=O) groups excluding carboxylic acids is 2. The summed E-state index contributed by atoms with van der Waals surface area (Å²) >= 11 is 0. The molecule has 31 heavy (non-hydrogen) atoms. The van der Waals surface area contributed by atoms with Crippen LogP contribution < -0.4 is 20.1 Å². The Labute approximate surface area is 183 Å². The lowest BCUT2D eigenvalue weighted by Crippen LogP contribution is -2.65. The number of hydrogen-bond donors (Lipinski definition) is 2. The summed E-state index contributed by atoms with van der Waals surface area (Å²) in [6, 6.07) is 5.76. The molecule has 2 amide bonds. The van der Waals surface area contributed by atoms with Crippen LogP contribution >= 0.6 is 0 Å². The molecule has 7 rings (SSSR count). The maximum absolute atomic E-state index is 13.6. The predicted octanol–water partition coefficient (Wildman–Crippen LogP) is 4.53. The number of hydrogen-bond acceptors (Lipinski definition) is 4. The van der Waals surface area contributed by atoms with Crippen LogP contribution in [0.1, 0.15) is 77.6 Å². The lowest BCUT2D eigenvalue weighted by Gasteiger charge is -2.61. The van der Waals surface area contributed by atoms with E-state index in [1.54, 1.807) is 6.92 Å². The van der Waals surface area contributed by atoms with Crippen LogP contribution in [-0.2, 0) is 9.59 Å². The molecular weight excluding hydrogens is 392 g/mol. The van der Waals surface area contributed by atoms with Crippen LogP contribution in [0.15, 0.2) is 18.2 Å². The van der Waals surface area contributed by atoms with Crippen LogP contribution in [0.4, 0.5) is 5.69 Å². The first kappa shape index (κ1) is 19.4. The molecule has 6 aliphatic rings. The molecule has 0 aromatic heterocycles. The Morgan fingerprint density at radius 1 is 0.968 bits per heavy atom. The van der Waals surface area contributed by atoms with E-state index in [1.165, 1.54) is 12.8 Å². The van der Waals surface area contributed by atoms with Gasteiger partial charge in [0.15, 0.2) is 11.5 Å². The number of ether oxygens (including phenoxy) is 2. The highest BCUT2D eigenvalue weighted by molar-refractivity contribution is 5.96. The third-order valence-corrected chi connectivity index (χ3v) is 8.39. The van der Waals surface area contributed by atoms with Crippen molar-refractivity contribution in [3.63, 3.8) is 0 Å². The quantitative estimate of drug-likeness (QED) is 0.747. The van der Waals surface area contributed by atoms with E-state index in [1.807, 2.05) is 18.2 Å². The molecule has 4 bridgehead atoms. The second-order valence-electron chi connectivity index (χ2n) is 11.0. The highest BCUT2D eigenvalue weighted by Gasteiger charge is 2.61. The van der Waals surface area contributed by atoms with E-state index >= 15 is 0 Å². The monoisotopic (exact) mass is 424 g/mol. The summed E-state index contributed by atoms with van der Waals surface area (Å²) in [6.07, 6.45) is 11.2. The van der Waals surface area contributed by atoms with Crippen molar-refractivity contribution in [2.24, 2.45) is 17.3 Å². The van der Waals surface area contributed by atoms with E-state index < -0.39 is 5.79 Å². The first-order valence-corrected chi connectivity index (χ1v) is 12.0. The average molecular weight is 425 g/mol. The van der Waals surface area contributed by atoms with Crippen molar-refractivity contribution < 1.29 is 19.1 Å². The molecule has 1 aromatic carbocycles. The summed E-state index contributed by atoms with van der Waals surface area (Å²) in [4.78, 5) is 25.5. The summed E-state index contributed by atoms with van der Waals surface area (Å²) < 4.78 is 12.4. The molecule has 5 fully saturated rings. The highest BCUT2D eigenvalue weighted by Crippen LogP contribution is 2.62. The van der Waals surface area contributed by atoms with E-state index in [0.717, 1.165) is 75.0 Å². The molecule has 2 N–H and O–H groups in total. The van der Waals surface area contributed by atoms with Crippen molar-refractivity contribution in [1.29, 1.82) is 0 Å². The van der Waals surface area contributed by atoms with E-state index in [4.69, 9.17) is 9.47 Å². The minimum atomic E-state index is -0.506. The van der Waals surface area contributed by atoms with Gasteiger partial charge in [0.05, 0.1) is 5.41 Å². The Balaban J connectivity index is 1.21. The van der Waals surface area contributed by atoms with E-state index in [9.17, 15) is 9.59 Å². The standard InChI is InChI=1S/C25H32N2O4/c1-16(28)27-24-13-17-9-18(14-24)12-23(11-17,15-24)22(29)26-19-5-6-20-21(10-19)31-25(30-20)7-3-2-4-8-25/h5-6,10,17-18H,2-4,7-9,11-15H2,1H3,(H,26,29)(H,27,28). The van der Waals surface area contributed by atoms with E-state index in [-0.39, 0.29) is 22.8 Å². The highest BCUT2D eigenvalue weighted by atomic mass is 16.7. The zero-order chi connectivity index (χ0) is 21.3. The lowest BCUT2D eigenvalue weighted by atomic mass is 9.46. The lowest BCUT2D eigenvalue weighted by molar-refractivity contribution is -0.148. The fraction of sp³-hybridized carbons (Fsp3) is 0.680. The average Bonchev–Trinajstić information content (AvgIpc) is 3.03. The fourth-order valence-electron chi connectivity index (χ4n) is 7.78. The molecule has 2 atom stereocenters. The smallest absolute Gasteiger partial charge is 0.251 e. The van der Waals surface area contributed by atoms with Gasteiger partial charge in [-0.2, -0.15) is 0 Å². The predicted molar refractivity (Wildman–Crippen MR) is 116 cm³/mol. The molecule has 1 aliphatic heterocycles. The number of carbonyl (C=O) groups is 2. The van der Waals surface area contributed by atoms with Gasteiger partial charge in [0, 0.05) is 37.1 Å². The largest absolute Gasteiger partial charge is 0.448 e. The van der Waals surface area contributed by atoms with Crippen molar-refractivity contribution in [3.05, 3.63) is 18.2 Å². The molecule has 166 valence electrons. The maximum atomic E-state index is 13.6. The van der Waals surface area contributed by atoms with Gasteiger partial charge in [0.25, 0.3) is 5.79 Å². The fourth-order valence-corrected chi connectivity index (χ4v) is 7.78. The number of benzene rings is 1. The zero-order valence-electron chi connectivity index (χ0n) is 18.3. The number of nitrogens with one attached hydrogen (secondary N) is 2. The second-order valence-corrected chi connectivity index (χ2v) is 11.0.